The molecule has 1 atom stereocenters. The van der Waals surface area contributed by atoms with E-state index in [9.17, 15) is 9.59 Å². The lowest BCUT2D eigenvalue weighted by Crippen LogP contribution is -2.45. The van der Waals surface area contributed by atoms with Crippen LogP contribution in [0.3, 0.4) is 0 Å². The van der Waals surface area contributed by atoms with Crippen molar-refractivity contribution in [3.05, 3.63) is 18.0 Å². The minimum atomic E-state index is -0.811. The maximum atomic E-state index is 11.9. The van der Waals surface area contributed by atoms with Gasteiger partial charge in [0.15, 0.2) is 5.76 Å². The number of nitrogens with one attached hydrogen (secondary N) is 1. The van der Waals surface area contributed by atoms with Crippen molar-refractivity contribution in [2.75, 3.05) is 13.1 Å². The van der Waals surface area contributed by atoms with E-state index < -0.39 is 5.97 Å². The Morgan fingerprint density at radius 3 is 3.11 bits per heavy atom. The normalized spacial score (nSPS) is 19.2. The number of likely N-dealkylation sites (tertiary alicyclic amines) is 1. The summed E-state index contributed by atoms with van der Waals surface area (Å²) in [5.41, 5.74) is 0. The highest BCUT2D eigenvalue weighted by atomic mass is 16.5. The number of aliphatic carboxylic acids is 1. The predicted octanol–water partition coefficient (Wildman–Crippen LogP) is 1.07. The number of carbonyl (C=O) groups excluding carboxylic acids is 1. The number of hydrogen-bond acceptors (Lipinski definition) is 4. The summed E-state index contributed by atoms with van der Waals surface area (Å²) in [6.45, 7) is 1.45. The first-order chi connectivity index (χ1) is 9.15. The zero-order valence-electron chi connectivity index (χ0n) is 10.5. The number of nitrogens with zero attached hydrogens (tertiary/aromatic N) is 2. The largest absolute Gasteiger partial charge is 0.481 e. The quantitative estimate of drug-likeness (QED) is 0.850. The molecule has 0 aromatic carbocycles. The molecule has 1 saturated heterocycles. The van der Waals surface area contributed by atoms with Crippen LogP contribution in [0.15, 0.2) is 16.8 Å². The van der Waals surface area contributed by atoms with Crippen LogP contribution in [0, 0.1) is 5.92 Å². The van der Waals surface area contributed by atoms with Gasteiger partial charge in [-0.25, -0.2) is 4.79 Å². The van der Waals surface area contributed by atoms with Crippen molar-refractivity contribution in [2.45, 2.75) is 25.8 Å². The highest BCUT2D eigenvalue weighted by Crippen LogP contribution is 2.19. The first-order valence-electron chi connectivity index (χ1n) is 6.29. The third-order valence-corrected chi connectivity index (χ3v) is 3.17. The molecule has 1 unspecified atom stereocenters. The molecule has 0 bridgehead atoms. The van der Waals surface area contributed by atoms with Gasteiger partial charge in [-0.1, -0.05) is 5.16 Å². The molecule has 19 heavy (non-hydrogen) atoms. The van der Waals surface area contributed by atoms with E-state index in [4.69, 9.17) is 9.63 Å². The topological polar surface area (TPSA) is 95.7 Å². The van der Waals surface area contributed by atoms with Gasteiger partial charge in [-0.3, -0.25) is 4.79 Å². The van der Waals surface area contributed by atoms with Gasteiger partial charge < -0.3 is 19.8 Å². The number of piperidine rings is 1. The van der Waals surface area contributed by atoms with Gasteiger partial charge in [-0.15, -0.1) is 0 Å². The summed E-state index contributed by atoms with van der Waals surface area (Å²) in [6, 6.07) is 1.50. The molecule has 2 N–H and O–H groups in total. The highest BCUT2D eigenvalue weighted by molar-refractivity contribution is 5.74. The molecule has 1 aromatic rings. The summed E-state index contributed by atoms with van der Waals surface area (Å²) in [5, 5.41) is 15.1. The lowest BCUT2D eigenvalue weighted by Gasteiger charge is -2.32. The standard InChI is InChI=1S/C12H17N3O4/c16-11(17)6-9-2-1-5-15(8-9)12(18)13-7-10-3-4-14-19-10/h3-4,9H,1-2,5-8H2,(H,13,18)(H,16,17). The van der Waals surface area contributed by atoms with Crippen LogP contribution in [0.5, 0.6) is 0 Å². The second-order valence-corrected chi connectivity index (χ2v) is 4.69. The molecule has 0 radical (unpaired) electrons. The number of carboxylic acids is 1. The number of urea groups is 1. The molecule has 2 heterocycles. The molecule has 0 spiro atoms. The Kier molecular flexibility index (Phi) is 4.38. The summed E-state index contributed by atoms with van der Waals surface area (Å²) in [5.74, 6) is -0.177. The summed E-state index contributed by atoms with van der Waals surface area (Å²) in [7, 11) is 0. The Labute approximate surface area is 110 Å². The molecule has 104 valence electrons. The van der Waals surface area contributed by atoms with Crippen molar-refractivity contribution < 1.29 is 19.2 Å². The first kappa shape index (κ1) is 13.4. The first-order valence-corrected chi connectivity index (χ1v) is 6.29. The van der Waals surface area contributed by atoms with Gasteiger partial charge in [0.25, 0.3) is 0 Å². The number of aromatic nitrogens is 1. The highest BCUT2D eigenvalue weighted by Gasteiger charge is 2.25. The Morgan fingerprint density at radius 2 is 2.42 bits per heavy atom. The van der Waals surface area contributed by atoms with Gasteiger partial charge in [0.05, 0.1) is 12.7 Å². The van der Waals surface area contributed by atoms with Gasteiger partial charge in [-0.05, 0) is 18.8 Å². The molecule has 1 fully saturated rings. The minimum absolute atomic E-state index is 0.0438. The molecular formula is C12H17N3O4. The van der Waals surface area contributed by atoms with Crippen molar-refractivity contribution in [3.63, 3.8) is 0 Å². The van der Waals surface area contributed by atoms with Gasteiger partial charge in [-0.2, -0.15) is 0 Å². The summed E-state index contributed by atoms with van der Waals surface area (Å²) in [4.78, 5) is 24.3. The molecule has 2 amide bonds. The molecule has 7 heteroatoms. The summed E-state index contributed by atoms with van der Waals surface area (Å²) in [6.07, 6.45) is 3.34. The average Bonchev–Trinajstić information content (AvgIpc) is 2.88. The monoisotopic (exact) mass is 267 g/mol. The van der Waals surface area contributed by atoms with E-state index in [2.05, 4.69) is 10.5 Å². The Morgan fingerprint density at radius 1 is 1.58 bits per heavy atom. The van der Waals surface area contributed by atoms with Crippen molar-refractivity contribution in [3.8, 4) is 0 Å². The second-order valence-electron chi connectivity index (χ2n) is 4.69. The van der Waals surface area contributed by atoms with E-state index in [1.54, 1.807) is 11.0 Å². The van der Waals surface area contributed by atoms with E-state index in [0.29, 0.717) is 25.4 Å². The zero-order chi connectivity index (χ0) is 13.7. The lowest BCUT2D eigenvalue weighted by molar-refractivity contribution is -0.138. The molecule has 0 saturated carbocycles. The average molecular weight is 267 g/mol. The Bertz CT molecular complexity index is 432. The Balaban J connectivity index is 1.79. The maximum Gasteiger partial charge on any atom is 0.317 e. The molecular weight excluding hydrogens is 250 g/mol. The fourth-order valence-corrected chi connectivity index (χ4v) is 2.27. The van der Waals surface area contributed by atoms with Gasteiger partial charge in [0, 0.05) is 25.6 Å². The van der Waals surface area contributed by atoms with E-state index >= 15 is 0 Å². The van der Waals surface area contributed by atoms with E-state index in [1.165, 1.54) is 6.20 Å². The van der Waals surface area contributed by atoms with Crippen LogP contribution in [0.25, 0.3) is 0 Å². The van der Waals surface area contributed by atoms with Crippen molar-refractivity contribution in [1.82, 2.24) is 15.4 Å². The number of amides is 2. The molecule has 2 rings (SSSR count). The smallest absolute Gasteiger partial charge is 0.317 e. The molecule has 0 aliphatic carbocycles. The number of hydrogen-bond donors (Lipinski definition) is 2. The molecule has 1 aliphatic rings. The molecule has 7 nitrogen and oxygen atoms in total. The van der Waals surface area contributed by atoms with Crippen molar-refractivity contribution in [1.29, 1.82) is 0 Å². The summed E-state index contributed by atoms with van der Waals surface area (Å²) >= 11 is 0. The molecule has 1 aliphatic heterocycles. The van der Waals surface area contributed by atoms with Crippen LogP contribution in [-0.2, 0) is 11.3 Å². The van der Waals surface area contributed by atoms with Gasteiger partial charge >= 0.3 is 12.0 Å². The van der Waals surface area contributed by atoms with Crippen molar-refractivity contribution >= 4 is 12.0 Å². The second kappa shape index (κ2) is 6.21. The van der Waals surface area contributed by atoms with Crippen molar-refractivity contribution in [2.24, 2.45) is 5.92 Å². The fourth-order valence-electron chi connectivity index (χ4n) is 2.27. The third-order valence-electron chi connectivity index (χ3n) is 3.17. The van der Waals surface area contributed by atoms with Crippen LogP contribution >= 0.6 is 0 Å². The van der Waals surface area contributed by atoms with Crippen LogP contribution in [0.4, 0.5) is 4.79 Å². The van der Waals surface area contributed by atoms with Gasteiger partial charge in [0.2, 0.25) is 0 Å². The van der Waals surface area contributed by atoms with Crippen LogP contribution in [0.1, 0.15) is 25.0 Å². The van der Waals surface area contributed by atoms with E-state index in [-0.39, 0.29) is 18.4 Å². The van der Waals surface area contributed by atoms with Crippen LogP contribution in [-0.4, -0.2) is 40.3 Å². The fraction of sp³-hybridized carbons (Fsp3) is 0.583. The number of carboxylic acid groups (broad SMARTS) is 1. The summed E-state index contributed by atoms with van der Waals surface area (Å²) < 4.78 is 4.88. The Hall–Kier alpha value is -2.05. The predicted molar refractivity (Wildman–Crippen MR) is 65.3 cm³/mol. The van der Waals surface area contributed by atoms with Crippen LogP contribution < -0.4 is 5.32 Å². The van der Waals surface area contributed by atoms with Crippen LogP contribution in [0.2, 0.25) is 0 Å². The third kappa shape index (κ3) is 3.97. The zero-order valence-corrected chi connectivity index (χ0v) is 10.5. The number of rotatable bonds is 4. The molecule has 1 aromatic heterocycles. The number of carbonyl (C=O) groups is 2. The van der Waals surface area contributed by atoms with Gasteiger partial charge in [0.1, 0.15) is 0 Å². The lowest BCUT2D eigenvalue weighted by atomic mass is 9.95. The van der Waals surface area contributed by atoms with E-state index in [0.717, 1.165) is 12.8 Å². The SMILES string of the molecule is O=C(O)CC1CCCN(C(=O)NCc2ccno2)C1. The maximum absolute atomic E-state index is 11.9. The minimum Gasteiger partial charge on any atom is -0.481 e. The van der Waals surface area contributed by atoms with E-state index in [1.807, 2.05) is 0 Å².